The maximum absolute atomic E-state index is 14.1. The van der Waals surface area contributed by atoms with Crippen LogP contribution >= 0.6 is 0 Å². The quantitative estimate of drug-likeness (QED) is 0.366. The number of allylic oxidation sites excluding steroid dienone is 1. The van der Waals surface area contributed by atoms with Crippen molar-refractivity contribution in [1.82, 2.24) is 0 Å². The number of aliphatic hydroxyl groups is 3. The minimum absolute atomic E-state index is 0.0815. The molecule has 3 saturated carbocycles. The Hall–Kier alpha value is -0.950. The Balaban J connectivity index is 1.48. The molecule has 0 radical (unpaired) electrons. The summed E-state index contributed by atoms with van der Waals surface area (Å²) >= 11 is 0. The Labute approximate surface area is 215 Å². The van der Waals surface area contributed by atoms with Crippen LogP contribution in [0.3, 0.4) is 0 Å². The molecule has 0 bridgehead atoms. The second-order valence-electron chi connectivity index (χ2n) is 15.0. The number of esters is 1. The minimum Gasteiger partial charge on any atom is -0.453 e. The van der Waals surface area contributed by atoms with Gasteiger partial charge in [-0.15, -0.1) is 0 Å². The van der Waals surface area contributed by atoms with Crippen LogP contribution in [0.5, 0.6) is 0 Å². The van der Waals surface area contributed by atoms with Crippen LogP contribution < -0.4 is 0 Å². The predicted octanol–water partition coefficient (Wildman–Crippen LogP) is 4.29. The number of aliphatic hydroxyl groups excluding tert-OH is 2. The number of rotatable bonds is 1. The molecule has 5 fully saturated rings. The first kappa shape index (κ1) is 25.3. The van der Waals surface area contributed by atoms with Crippen LogP contribution in [-0.4, -0.2) is 56.4 Å². The lowest BCUT2D eigenvalue weighted by molar-refractivity contribution is -0.214. The van der Waals surface area contributed by atoms with E-state index < -0.39 is 40.2 Å². The van der Waals surface area contributed by atoms with Crippen LogP contribution in [0.2, 0.25) is 0 Å². The zero-order chi connectivity index (χ0) is 26.3. The Bertz CT molecular complexity index is 1030. The third kappa shape index (κ3) is 2.52. The summed E-state index contributed by atoms with van der Waals surface area (Å²) in [5.74, 6) is -0.0790. The third-order valence-corrected chi connectivity index (χ3v) is 12.9. The lowest BCUT2D eigenvalue weighted by Crippen LogP contribution is -2.69. The lowest BCUT2D eigenvalue weighted by Gasteiger charge is -2.64. The molecule has 0 aromatic carbocycles. The largest absolute Gasteiger partial charge is 0.453 e. The average molecular weight is 503 g/mol. The maximum Gasteiger partial charge on any atom is 0.319 e. The number of hydrogen-bond donors (Lipinski definition) is 3. The Morgan fingerprint density at radius 2 is 1.58 bits per heavy atom. The maximum atomic E-state index is 14.1. The molecule has 6 heteroatoms. The molecule has 2 aliphatic heterocycles. The highest BCUT2D eigenvalue weighted by molar-refractivity contribution is 5.86. The molecule has 4 aliphatic carbocycles. The number of carbonyl (C=O) groups excluding carboxylic acids is 1. The minimum atomic E-state index is -1.52. The summed E-state index contributed by atoms with van der Waals surface area (Å²) in [5, 5.41) is 35.5. The number of fused-ring (bicyclic) bond motifs is 4. The summed E-state index contributed by atoms with van der Waals surface area (Å²) < 4.78 is 12.6. The van der Waals surface area contributed by atoms with Gasteiger partial charge < -0.3 is 24.8 Å². The molecular weight excluding hydrogens is 456 g/mol. The fourth-order valence-electron chi connectivity index (χ4n) is 10.8. The summed E-state index contributed by atoms with van der Waals surface area (Å²) in [5.41, 5.74) is -4.22. The first-order valence-corrected chi connectivity index (χ1v) is 14.2. The molecule has 1 spiro atoms. The van der Waals surface area contributed by atoms with Crippen molar-refractivity contribution in [1.29, 1.82) is 0 Å². The Morgan fingerprint density at radius 3 is 2.22 bits per heavy atom. The van der Waals surface area contributed by atoms with E-state index in [0.717, 1.165) is 32.1 Å². The second-order valence-corrected chi connectivity index (χ2v) is 15.0. The highest BCUT2D eigenvalue weighted by Crippen LogP contribution is 2.77. The molecule has 0 aromatic rings. The van der Waals surface area contributed by atoms with E-state index in [2.05, 4.69) is 27.7 Å². The zero-order valence-electron chi connectivity index (χ0n) is 23.2. The highest BCUT2D eigenvalue weighted by Gasteiger charge is 2.87. The van der Waals surface area contributed by atoms with Crippen molar-refractivity contribution in [2.24, 2.45) is 33.5 Å². The third-order valence-electron chi connectivity index (χ3n) is 12.9. The molecule has 6 aliphatic rings. The van der Waals surface area contributed by atoms with Gasteiger partial charge in [0, 0.05) is 0 Å². The molecule has 2 heterocycles. The van der Waals surface area contributed by atoms with Crippen molar-refractivity contribution < 1.29 is 29.6 Å². The molecule has 3 N–H and O–H groups in total. The van der Waals surface area contributed by atoms with Crippen molar-refractivity contribution in [2.75, 3.05) is 0 Å². The smallest absolute Gasteiger partial charge is 0.319 e. The van der Waals surface area contributed by atoms with E-state index in [9.17, 15) is 20.1 Å². The van der Waals surface area contributed by atoms with Gasteiger partial charge in [0.1, 0.15) is 17.1 Å². The number of hydrogen-bond acceptors (Lipinski definition) is 6. The van der Waals surface area contributed by atoms with Crippen LogP contribution in [0, 0.1) is 33.5 Å². The molecule has 0 aromatic heterocycles. The molecule has 6 nitrogen and oxygen atoms in total. The summed E-state index contributed by atoms with van der Waals surface area (Å²) in [4.78, 5) is 14.1. The first-order chi connectivity index (χ1) is 16.5. The van der Waals surface area contributed by atoms with E-state index in [-0.39, 0.29) is 28.5 Å². The van der Waals surface area contributed by atoms with Crippen LogP contribution in [0.15, 0.2) is 11.6 Å². The van der Waals surface area contributed by atoms with Gasteiger partial charge in [-0.1, -0.05) is 39.3 Å². The van der Waals surface area contributed by atoms with Gasteiger partial charge in [0.15, 0.2) is 5.60 Å². The van der Waals surface area contributed by atoms with Crippen molar-refractivity contribution in [3.8, 4) is 0 Å². The van der Waals surface area contributed by atoms with Crippen molar-refractivity contribution in [2.45, 2.75) is 135 Å². The second kappa shape index (κ2) is 6.97. The SMILES string of the molecule is CC1(C)CC[C@H]([C@]2(C)OC(=O)C34[C@@H](O)C=C5[C@@H](CCC6C(C)(C)C(O)CC[C@]56C)[C@]3(C)CC[C@@]42O)O1. The van der Waals surface area contributed by atoms with E-state index in [1.165, 1.54) is 5.57 Å². The number of cyclic esters (lactones) is 1. The van der Waals surface area contributed by atoms with Gasteiger partial charge in [-0.25, -0.2) is 0 Å². The normalized spacial score (nSPS) is 56.8. The van der Waals surface area contributed by atoms with Gasteiger partial charge in [-0.05, 0) is 100 Å². The average Bonchev–Trinajstić information content (AvgIpc) is 3.34. The molecule has 202 valence electrons. The fourth-order valence-corrected chi connectivity index (χ4v) is 10.8. The molecule has 0 amide bonds. The van der Waals surface area contributed by atoms with E-state index in [1.54, 1.807) is 0 Å². The molecule has 36 heavy (non-hydrogen) atoms. The van der Waals surface area contributed by atoms with E-state index in [0.29, 0.717) is 25.2 Å². The van der Waals surface area contributed by atoms with Crippen molar-refractivity contribution in [3.63, 3.8) is 0 Å². The Morgan fingerprint density at radius 1 is 0.889 bits per heavy atom. The molecule has 6 rings (SSSR count). The Kier molecular flexibility index (Phi) is 4.90. The zero-order valence-corrected chi connectivity index (χ0v) is 23.2. The van der Waals surface area contributed by atoms with Crippen molar-refractivity contribution in [3.05, 3.63) is 11.6 Å². The predicted molar refractivity (Wildman–Crippen MR) is 135 cm³/mol. The van der Waals surface area contributed by atoms with Gasteiger partial charge in [0.2, 0.25) is 0 Å². The van der Waals surface area contributed by atoms with Crippen LogP contribution in [0.25, 0.3) is 0 Å². The first-order valence-electron chi connectivity index (χ1n) is 14.2. The monoisotopic (exact) mass is 502 g/mol. The standard InChI is InChI=1S/C30H46O6/c1-24(2)12-11-22(35-24)28(7)29(34)15-14-27(6)17-8-9-19-25(3,4)20(31)10-13-26(19,5)18(17)16-21(32)30(27,29)23(33)36-28/h16-17,19-22,31-32,34H,8-15H2,1-7H3/t17-,19?,20?,21+,22-,26-,27+,28+,29+,30?/m1/s1. The topological polar surface area (TPSA) is 96.2 Å². The van der Waals surface area contributed by atoms with Gasteiger partial charge in [-0.3, -0.25) is 4.79 Å². The summed E-state index contributed by atoms with van der Waals surface area (Å²) in [7, 11) is 0. The van der Waals surface area contributed by atoms with E-state index >= 15 is 0 Å². The summed E-state index contributed by atoms with van der Waals surface area (Å²) in [6.45, 7) is 14.7. The van der Waals surface area contributed by atoms with Gasteiger partial charge in [-0.2, -0.15) is 0 Å². The van der Waals surface area contributed by atoms with Gasteiger partial charge >= 0.3 is 5.97 Å². The summed E-state index contributed by atoms with van der Waals surface area (Å²) in [6, 6.07) is 0. The van der Waals surface area contributed by atoms with Gasteiger partial charge in [0.25, 0.3) is 0 Å². The van der Waals surface area contributed by atoms with E-state index in [4.69, 9.17) is 9.47 Å². The molecule has 2 saturated heterocycles. The van der Waals surface area contributed by atoms with Crippen LogP contribution in [0.1, 0.15) is 99.8 Å². The van der Waals surface area contributed by atoms with E-state index in [1.807, 2.05) is 26.8 Å². The number of carbonyl (C=O) groups is 1. The number of ether oxygens (including phenoxy) is 2. The lowest BCUT2D eigenvalue weighted by atomic mass is 9.40. The summed E-state index contributed by atoms with van der Waals surface area (Å²) in [6.07, 6.45) is 6.15. The van der Waals surface area contributed by atoms with Crippen molar-refractivity contribution >= 4 is 5.97 Å². The molecular formula is C30H46O6. The van der Waals surface area contributed by atoms with Gasteiger partial charge in [0.05, 0.1) is 17.8 Å². The highest BCUT2D eigenvalue weighted by atomic mass is 16.6. The fraction of sp³-hybridized carbons (Fsp3) is 0.900. The molecule has 3 unspecified atom stereocenters. The molecule has 10 atom stereocenters. The van der Waals surface area contributed by atoms with Crippen LogP contribution in [0.4, 0.5) is 0 Å². The van der Waals surface area contributed by atoms with Crippen LogP contribution in [-0.2, 0) is 14.3 Å².